The Labute approximate surface area is 111 Å². The van der Waals surface area contributed by atoms with Crippen LogP contribution in [0.1, 0.15) is 26.4 Å². The quantitative estimate of drug-likeness (QED) is 0.782. The summed E-state index contributed by atoms with van der Waals surface area (Å²) in [5, 5.41) is 1.89. The van der Waals surface area contributed by atoms with Crippen molar-refractivity contribution in [3.63, 3.8) is 0 Å². The number of hydrogen-bond donors (Lipinski definition) is 0. The average molecular weight is 260 g/mol. The largest absolute Gasteiger partial charge is 0.495 e. The summed E-state index contributed by atoms with van der Waals surface area (Å²) < 4.78 is 5.19. The van der Waals surface area contributed by atoms with Crippen LogP contribution in [0.5, 0.6) is 5.75 Å². The second-order valence-electron chi connectivity index (χ2n) is 4.29. The highest BCUT2D eigenvalue weighted by atomic mass is 32.1. The molecule has 0 saturated heterocycles. The lowest BCUT2D eigenvalue weighted by atomic mass is 9.98. The van der Waals surface area contributed by atoms with E-state index in [-0.39, 0.29) is 5.78 Å². The van der Waals surface area contributed by atoms with E-state index in [0.717, 1.165) is 5.56 Å². The first-order valence-corrected chi connectivity index (χ1v) is 6.71. The molecule has 0 aliphatic carbocycles. The molecule has 0 atom stereocenters. The number of carbonyl (C=O) groups excluding carboxylic acids is 1. The lowest BCUT2D eigenvalue weighted by Gasteiger charge is -2.08. The molecule has 0 aliphatic rings. The molecule has 0 radical (unpaired) electrons. The van der Waals surface area contributed by atoms with Crippen molar-refractivity contribution in [2.45, 2.75) is 20.3 Å². The van der Waals surface area contributed by atoms with Crippen molar-refractivity contribution in [3.8, 4) is 5.75 Å². The predicted molar refractivity (Wildman–Crippen MR) is 74.8 cm³/mol. The molecule has 94 valence electrons. The number of ketones is 1. The Kier molecular flexibility index (Phi) is 3.82. The third kappa shape index (κ3) is 2.46. The highest BCUT2D eigenvalue weighted by Gasteiger charge is 2.16. The fourth-order valence-corrected chi connectivity index (χ4v) is 2.83. The highest BCUT2D eigenvalue weighted by Crippen LogP contribution is 2.27. The molecule has 2 aromatic rings. The van der Waals surface area contributed by atoms with Gasteiger partial charge in [-0.05, 0) is 42.0 Å². The van der Waals surface area contributed by atoms with Gasteiger partial charge in [-0.25, -0.2) is 0 Å². The van der Waals surface area contributed by atoms with E-state index in [0.29, 0.717) is 17.0 Å². The third-order valence-electron chi connectivity index (χ3n) is 3.08. The molecule has 1 aromatic carbocycles. The van der Waals surface area contributed by atoms with Crippen LogP contribution in [-0.4, -0.2) is 12.9 Å². The highest BCUT2D eigenvalue weighted by molar-refractivity contribution is 7.12. The molecular weight excluding hydrogens is 244 g/mol. The summed E-state index contributed by atoms with van der Waals surface area (Å²) in [7, 11) is 1.60. The third-order valence-corrected chi connectivity index (χ3v) is 4.02. The monoisotopic (exact) mass is 260 g/mol. The van der Waals surface area contributed by atoms with Crippen LogP contribution in [-0.2, 0) is 6.42 Å². The predicted octanol–water partition coefficient (Wildman–Crippen LogP) is 3.80. The van der Waals surface area contributed by atoms with Gasteiger partial charge in [0.2, 0.25) is 0 Å². The molecule has 2 nitrogen and oxygen atoms in total. The van der Waals surface area contributed by atoms with E-state index >= 15 is 0 Å². The van der Waals surface area contributed by atoms with E-state index in [2.05, 4.69) is 0 Å². The van der Waals surface area contributed by atoms with Crippen LogP contribution in [0, 0.1) is 13.8 Å². The van der Waals surface area contributed by atoms with Gasteiger partial charge in [0.25, 0.3) is 0 Å². The Hall–Kier alpha value is -1.61. The summed E-state index contributed by atoms with van der Waals surface area (Å²) in [6.07, 6.45) is 0.440. The number of Topliss-reactive ketones (excluding diaryl/α,β-unsaturated/α-hetero) is 1. The van der Waals surface area contributed by atoms with Crippen LogP contribution >= 0.6 is 11.3 Å². The first-order valence-electron chi connectivity index (χ1n) is 5.83. The van der Waals surface area contributed by atoms with E-state index in [9.17, 15) is 4.79 Å². The summed E-state index contributed by atoms with van der Waals surface area (Å²) in [5.41, 5.74) is 3.45. The van der Waals surface area contributed by atoms with Gasteiger partial charge in [0.15, 0.2) is 5.78 Å². The number of rotatable bonds is 4. The van der Waals surface area contributed by atoms with E-state index in [4.69, 9.17) is 4.74 Å². The fraction of sp³-hybridized carbons (Fsp3) is 0.267. The molecule has 0 spiro atoms. The van der Waals surface area contributed by atoms with Gasteiger partial charge in [-0.1, -0.05) is 18.2 Å². The second-order valence-corrected chi connectivity index (χ2v) is 5.20. The van der Waals surface area contributed by atoms with Gasteiger partial charge < -0.3 is 4.74 Å². The van der Waals surface area contributed by atoms with Gasteiger partial charge in [-0.2, -0.15) is 0 Å². The van der Waals surface area contributed by atoms with Crippen LogP contribution in [0.4, 0.5) is 0 Å². The van der Waals surface area contributed by atoms with Crippen LogP contribution in [0.3, 0.4) is 0 Å². The number of ether oxygens (including phenoxy) is 1. The summed E-state index contributed by atoms with van der Waals surface area (Å²) in [5.74, 6) is 0.801. The van der Waals surface area contributed by atoms with Gasteiger partial charge >= 0.3 is 0 Å². The Bertz CT molecular complexity index is 549. The Morgan fingerprint density at radius 2 is 1.89 bits per heavy atom. The molecule has 3 heteroatoms. The van der Waals surface area contributed by atoms with Crippen molar-refractivity contribution in [1.82, 2.24) is 0 Å². The molecule has 0 fully saturated rings. The molecule has 0 aliphatic heterocycles. The fourth-order valence-electron chi connectivity index (χ4n) is 2.03. The van der Waals surface area contributed by atoms with Crippen LogP contribution < -0.4 is 4.74 Å². The first kappa shape index (κ1) is 12.8. The standard InChI is InChI=1S/C15H16O2S/c1-10-5-4-6-11(2)12(10)9-13(16)15-14(17-3)7-8-18-15/h4-8H,9H2,1-3H3. The van der Waals surface area contributed by atoms with Gasteiger partial charge in [0, 0.05) is 6.42 Å². The zero-order valence-electron chi connectivity index (χ0n) is 10.8. The summed E-state index contributed by atoms with van der Waals surface area (Å²) in [6.45, 7) is 4.09. The Morgan fingerprint density at radius 1 is 1.22 bits per heavy atom. The maximum absolute atomic E-state index is 12.3. The molecule has 0 N–H and O–H groups in total. The number of carbonyl (C=O) groups is 1. The van der Waals surface area contributed by atoms with E-state index < -0.39 is 0 Å². The van der Waals surface area contributed by atoms with E-state index in [1.807, 2.05) is 43.5 Å². The minimum atomic E-state index is 0.124. The van der Waals surface area contributed by atoms with Crippen molar-refractivity contribution in [3.05, 3.63) is 51.2 Å². The SMILES string of the molecule is COc1ccsc1C(=O)Cc1c(C)cccc1C. The van der Waals surface area contributed by atoms with Crippen molar-refractivity contribution < 1.29 is 9.53 Å². The minimum Gasteiger partial charge on any atom is -0.495 e. The molecule has 0 saturated carbocycles. The first-order chi connectivity index (χ1) is 8.63. The van der Waals surface area contributed by atoms with Gasteiger partial charge in [-0.3, -0.25) is 4.79 Å². The van der Waals surface area contributed by atoms with Gasteiger partial charge in [0.1, 0.15) is 10.6 Å². The van der Waals surface area contributed by atoms with Gasteiger partial charge in [-0.15, -0.1) is 11.3 Å². The van der Waals surface area contributed by atoms with Crippen molar-refractivity contribution in [2.24, 2.45) is 0 Å². The molecular formula is C15H16O2S. The summed E-state index contributed by atoms with van der Waals surface area (Å²) in [4.78, 5) is 13.0. The Balaban J connectivity index is 2.27. The minimum absolute atomic E-state index is 0.124. The number of hydrogen-bond acceptors (Lipinski definition) is 3. The topological polar surface area (TPSA) is 26.3 Å². The molecule has 1 heterocycles. The lowest BCUT2D eigenvalue weighted by Crippen LogP contribution is -2.06. The number of thiophene rings is 1. The molecule has 0 bridgehead atoms. The molecule has 0 unspecified atom stereocenters. The van der Waals surface area contributed by atoms with Crippen molar-refractivity contribution in [2.75, 3.05) is 7.11 Å². The normalized spacial score (nSPS) is 10.4. The maximum atomic E-state index is 12.3. The molecule has 18 heavy (non-hydrogen) atoms. The van der Waals surface area contributed by atoms with Crippen molar-refractivity contribution >= 4 is 17.1 Å². The number of benzene rings is 1. The average Bonchev–Trinajstić information content (AvgIpc) is 2.82. The van der Waals surface area contributed by atoms with Crippen LogP contribution in [0.25, 0.3) is 0 Å². The second kappa shape index (κ2) is 5.36. The smallest absolute Gasteiger partial charge is 0.180 e. The number of methoxy groups -OCH3 is 1. The summed E-state index contributed by atoms with van der Waals surface area (Å²) >= 11 is 1.44. The van der Waals surface area contributed by atoms with Crippen LogP contribution in [0.2, 0.25) is 0 Å². The zero-order chi connectivity index (χ0) is 13.1. The molecule has 0 amide bonds. The van der Waals surface area contributed by atoms with Gasteiger partial charge in [0.05, 0.1) is 7.11 Å². The number of aryl methyl sites for hydroxylation is 2. The Morgan fingerprint density at radius 3 is 2.50 bits per heavy atom. The zero-order valence-corrected chi connectivity index (χ0v) is 11.6. The maximum Gasteiger partial charge on any atom is 0.180 e. The van der Waals surface area contributed by atoms with E-state index in [1.54, 1.807) is 7.11 Å². The molecule has 1 aromatic heterocycles. The van der Waals surface area contributed by atoms with E-state index in [1.165, 1.54) is 22.5 Å². The lowest BCUT2D eigenvalue weighted by molar-refractivity contribution is 0.0994. The summed E-state index contributed by atoms with van der Waals surface area (Å²) in [6, 6.07) is 7.94. The molecule has 2 rings (SSSR count). The van der Waals surface area contributed by atoms with Crippen LogP contribution in [0.15, 0.2) is 29.6 Å². The van der Waals surface area contributed by atoms with Crippen molar-refractivity contribution in [1.29, 1.82) is 0 Å².